The Hall–Kier alpha value is -2.20. The van der Waals surface area contributed by atoms with Crippen molar-refractivity contribution in [2.45, 2.75) is 77.7 Å². The van der Waals surface area contributed by atoms with Crippen molar-refractivity contribution >= 4 is 11.9 Å². The summed E-state index contributed by atoms with van der Waals surface area (Å²) >= 11 is 0. The smallest absolute Gasteiger partial charge is 0.305 e. The molecule has 0 heterocycles. The number of hydrogen-bond acceptors (Lipinski definition) is 4. The normalized spacial score (nSPS) is 11.0. The summed E-state index contributed by atoms with van der Waals surface area (Å²) in [6.45, 7) is 3.49. The number of hydrogen-bond donors (Lipinski definition) is 0. The fourth-order valence-electron chi connectivity index (χ4n) is 2.12. The Morgan fingerprint density at radius 3 is 2.48 bits per heavy atom. The number of unbranched alkanes of at least 4 members (excludes halogenated alkanes) is 5. The second-order valence-electron chi connectivity index (χ2n) is 5.71. The van der Waals surface area contributed by atoms with Crippen LogP contribution in [0.25, 0.3) is 0 Å². The molecule has 25 heavy (non-hydrogen) atoms. The molecule has 0 N–H and O–H groups in total. The third kappa shape index (κ3) is 16.4. The van der Waals surface area contributed by atoms with Crippen LogP contribution in [0.4, 0.5) is 0 Å². The molecule has 0 amide bonds. The lowest BCUT2D eigenvalue weighted by Gasteiger charge is -2.12. The Morgan fingerprint density at radius 2 is 1.80 bits per heavy atom. The van der Waals surface area contributed by atoms with Crippen molar-refractivity contribution in [3.05, 3.63) is 12.2 Å². The summed E-state index contributed by atoms with van der Waals surface area (Å²) in [5, 5.41) is 0. The second-order valence-corrected chi connectivity index (χ2v) is 5.71. The van der Waals surface area contributed by atoms with Crippen LogP contribution in [0.1, 0.15) is 71.6 Å². The number of rotatable bonds is 11. The summed E-state index contributed by atoms with van der Waals surface area (Å²) in [4.78, 5) is 22.2. The van der Waals surface area contributed by atoms with E-state index in [-0.39, 0.29) is 18.0 Å². The number of ether oxygens (including phenoxy) is 2. The van der Waals surface area contributed by atoms with Gasteiger partial charge in [-0.3, -0.25) is 9.59 Å². The van der Waals surface area contributed by atoms with Gasteiger partial charge in [0.25, 0.3) is 0 Å². The van der Waals surface area contributed by atoms with Crippen LogP contribution in [0, 0.1) is 23.7 Å². The van der Waals surface area contributed by atoms with E-state index in [0.717, 1.165) is 51.4 Å². The van der Waals surface area contributed by atoms with Crippen molar-refractivity contribution in [3.63, 3.8) is 0 Å². The van der Waals surface area contributed by atoms with Gasteiger partial charge in [-0.05, 0) is 49.7 Å². The van der Waals surface area contributed by atoms with Gasteiger partial charge in [0.1, 0.15) is 6.10 Å². The second kappa shape index (κ2) is 16.7. The molecule has 4 heteroatoms. The first-order chi connectivity index (χ1) is 12.1. The van der Waals surface area contributed by atoms with Crippen LogP contribution in [0.2, 0.25) is 0 Å². The topological polar surface area (TPSA) is 52.6 Å². The number of allylic oxidation sites excluding steroid dienone is 1. The van der Waals surface area contributed by atoms with Crippen LogP contribution in [-0.2, 0) is 19.1 Å². The zero-order valence-electron chi connectivity index (χ0n) is 15.7. The molecule has 0 bridgehead atoms. The Kier molecular flexibility index (Phi) is 15.2. The molecule has 0 aromatic rings. The fourth-order valence-corrected chi connectivity index (χ4v) is 2.12. The maximum Gasteiger partial charge on any atom is 0.305 e. The number of carbonyl (C=O) groups is 2. The van der Waals surface area contributed by atoms with E-state index >= 15 is 0 Å². The van der Waals surface area contributed by atoms with Crippen molar-refractivity contribution in [2.75, 3.05) is 7.11 Å². The molecule has 4 nitrogen and oxygen atoms in total. The molecule has 0 rings (SSSR count). The molecule has 1 atom stereocenters. The molecule has 0 saturated heterocycles. The number of esters is 2. The molecule has 0 aliphatic heterocycles. The minimum atomic E-state index is -0.288. The van der Waals surface area contributed by atoms with E-state index in [1.807, 2.05) is 6.08 Å². The highest BCUT2D eigenvalue weighted by Crippen LogP contribution is 2.12. The first kappa shape index (κ1) is 22.8. The standard InChI is InChI=1S/C21H30O4/c1-4-5-6-7-8-10-13-16-20(25-19(2)22)17-14-11-9-12-15-18-21(23)24-3/h13,16,20H,4-5,9,11-12,14-15,17-18H2,1-3H3. The third-order valence-electron chi connectivity index (χ3n) is 3.41. The van der Waals surface area contributed by atoms with Gasteiger partial charge in [0.05, 0.1) is 7.11 Å². The van der Waals surface area contributed by atoms with Crippen molar-refractivity contribution in [1.82, 2.24) is 0 Å². The number of methoxy groups -OCH3 is 1. The lowest BCUT2D eigenvalue weighted by Crippen LogP contribution is -2.13. The number of carbonyl (C=O) groups excluding carboxylic acids is 2. The molecule has 0 saturated carbocycles. The zero-order valence-corrected chi connectivity index (χ0v) is 15.7. The predicted molar refractivity (Wildman–Crippen MR) is 99.5 cm³/mol. The van der Waals surface area contributed by atoms with Crippen LogP contribution in [0.15, 0.2) is 12.2 Å². The van der Waals surface area contributed by atoms with Gasteiger partial charge < -0.3 is 9.47 Å². The third-order valence-corrected chi connectivity index (χ3v) is 3.41. The van der Waals surface area contributed by atoms with Crippen molar-refractivity contribution in [3.8, 4) is 23.7 Å². The summed E-state index contributed by atoms with van der Waals surface area (Å²) in [6.07, 6.45) is 11.3. The Bertz CT molecular complexity index is 526. The molecule has 0 aliphatic carbocycles. The van der Waals surface area contributed by atoms with Gasteiger partial charge in [-0.1, -0.05) is 38.0 Å². The lowest BCUT2D eigenvalue weighted by molar-refractivity contribution is -0.144. The van der Waals surface area contributed by atoms with E-state index in [1.54, 1.807) is 6.08 Å². The predicted octanol–water partition coefficient (Wildman–Crippen LogP) is 4.18. The van der Waals surface area contributed by atoms with E-state index in [0.29, 0.717) is 6.42 Å². The minimum absolute atomic E-state index is 0.152. The van der Waals surface area contributed by atoms with E-state index in [4.69, 9.17) is 4.74 Å². The molecule has 0 aromatic heterocycles. The molecular formula is C21H30O4. The van der Waals surface area contributed by atoms with Crippen LogP contribution < -0.4 is 0 Å². The van der Waals surface area contributed by atoms with Crippen LogP contribution in [0.3, 0.4) is 0 Å². The zero-order chi connectivity index (χ0) is 18.8. The molecule has 0 aliphatic rings. The van der Waals surface area contributed by atoms with Gasteiger partial charge in [-0.15, -0.1) is 0 Å². The van der Waals surface area contributed by atoms with E-state index in [2.05, 4.69) is 35.3 Å². The highest BCUT2D eigenvalue weighted by molar-refractivity contribution is 5.69. The Labute approximate surface area is 152 Å². The highest BCUT2D eigenvalue weighted by Gasteiger charge is 2.07. The highest BCUT2D eigenvalue weighted by atomic mass is 16.5. The Morgan fingerprint density at radius 1 is 1.08 bits per heavy atom. The molecule has 0 spiro atoms. The van der Waals surface area contributed by atoms with Gasteiger partial charge in [-0.25, -0.2) is 0 Å². The summed E-state index contributed by atoms with van der Waals surface area (Å²) < 4.78 is 9.88. The van der Waals surface area contributed by atoms with Crippen LogP contribution in [-0.4, -0.2) is 25.2 Å². The van der Waals surface area contributed by atoms with Gasteiger partial charge in [0.15, 0.2) is 0 Å². The SMILES string of the molecule is CCCC#CC#CC=CC(CCCCCCCC(=O)OC)OC(C)=O. The van der Waals surface area contributed by atoms with E-state index in [1.165, 1.54) is 14.0 Å². The minimum Gasteiger partial charge on any atom is -0.469 e. The van der Waals surface area contributed by atoms with Gasteiger partial charge in [-0.2, -0.15) is 0 Å². The molecule has 1 unspecified atom stereocenters. The fraction of sp³-hybridized carbons (Fsp3) is 0.619. The summed E-state index contributed by atoms with van der Waals surface area (Å²) in [5.41, 5.74) is 0. The molecule has 0 fully saturated rings. The molecule has 0 radical (unpaired) electrons. The average Bonchev–Trinajstić information content (AvgIpc) is 2.59. The molecule has 138 valence electrons. The molecule has 0 aromatic carbocycles. The van der Waals surface area contributed by atoms with Crippen LogP contribution >= 0.6 is 0 Å². The summed E-state index contributed by atoms with van der Waals surface area (Å²) in [5.74, 6) is 10.9. The van der Waals surface area contributed by atoms with E-state index in [9.17, 15) is 9.59 Å². The first-order valence-electron chi connectivity index (χ1n) is 8.99. The average molecular weight is 346 g/mol. The van der Waals surface area contributed by atoms with Crippen molar-refractivity contribution in [2.24, 2.45) is 0 Å². The summed E-state index contributed by atoms with van der Waals surface area (Å²) in [6, 6.07) is 0. The summed E-state index contributed by atoms with van der Waals surface area (Å²) in [7, 11) is 1.41. The van der Waals surface area contributed by atoms with E-state index < -0.39 is 0 Å². The monoisotopic (exact) mass is 346 g/mol. The Balaban J connectivity index is 4.05. The maximum atomic E-state index is 11.2. The first-order valence-corrected chi connectivity index (χ1v) is 8.99. The van der Waals surface area contributed by atoms with Crippen molar-refractivity contribution < 1.29 is 19.1 Å². The van der Waals surface area contributed by atoms with Gasteiger partial charge in [0.2, 0.25) is 0 Å². The van der Waals surface area contributed by atoms with Gasteiger partial charge in [0, 0.05) is 19.8 Å². The quantitative estimate of drug-likeness (QED) is 0.320. The van der Waals surface area contributed by atoms with Crippen molar-refractivity contribution in [1.29, 1.82) is 0 Å². The molecular weight excluding hydrogens is 316 g/mol. The van der Waals surface area contributed by atoms with Crippen LogP contribution in [0.5, 0.6) is 0 Å². The largest absolute Gasteiger partial charge is 0.469 e. The van der Waals surface area contributed by atoms with Gasteiger partial charge >= 0.3 is 11.9 Å². The lowest BCUT2D eigenvalue weighted by atomic mass is 10.1. The maximum absolute atomic E-state index is 11.2.